The summed E-state index contributed by atoms with van der Waals surface area (Å²) in [4.78, 5) is 0. The van der Waals surface area contributed by atoms with Crippen LogP contribution in [0.2, 0.25) is 10.0 Å². The largest absolute Gasteiger partial charge is 0.0836 e. The monoisotopic (exact) mass is 310 g/mol. The molecule has 0 spiro atoms. The highest BCUT2D eigenvalue weighted by molar-refractivity contribution is 14.1. The molecule has 0 unspecified atom stereocenters. The van der Waals surface area contributed by atoms with E-state index in [2.05, 4.69) is 34.7 Å². The smallest absolute Gasteiger partial charge is 0.0557 e. The predicted molar refractivity (Wildman–Crippen MR) is 61.9 cm³/mol. The number of fused-ring (bicyclic) bond motifs is 1. The Balaban J connectivity index is 2.74. The second-order valence-electron chi connectivity index (χ2n) is 2.65. The van der Waals surface area contributed by atoms with Gasteiger partial charge < -0.3 is 0 Å². The zero-order valence-electron chi connectivity index (χ0n) is 6.07. The zero-order valence-corrected chi connectivity index (χ0v) is 9.74. The van der Waals surface area contributed by atoms with Crippen molar-refractivity contribution in [3.63, 3.8) is 0 Å². The summed E-state index contributed by atoms with van der Waals surface area (Å²) in [7, 11) is 0. The third kappa shape index (κ3) is 1.28. The third-order valence-electron chi connectivity index (χ3n) is 1.92. The van der Waals surface area contributed by atoms with Crippen molar-refractivity contribution in [2.75, 3.05) is 0 Å². The summed E-state index contributed by atoms with van der Waals surface area (Å²) in [5.41, 5.74) is 2.39. The van der Waals surface area contributed by atoms with E-state index in [0.717, 1.165) is 25.6 Å². The molecule has 0 amide bonds. The molecule has 0 nitrogen and oxygen atoms in total. The molecule has 0 saturated heterocycles. The Hall–Kier alpha value is 0.270. The molecule has 0 atom stereocenters. The Labute approximate surface area is 94.7 Å². The fraction of sp³-hybridized carbons (Fsp3) is 0.111. The van der Waals surface area contributed by atoms with E-state index in [0.29, 0.717) is 0 Å². The van der Waals surface area contributed by atoms with Crippen LogP contribution < -0.4 is 0 Å². The first-order chi connectivity index (χ1) is 5.70. The highest BCUT2D eigenvalue weighted by Crippen LogP contribution is 2.35. The van der Waals surface area contributed by atoms with E-state index >= 15 is 0 Å². The van der Waals surface area contributed by atoms with Gasteiger partial charge in [0.2, 0.25) is 0 Å². The van der Waals surface area contributed by atoms with Crippen LogP contribution in [-0.2, 0) is 6.42 Å². The highest BCUT2D eigenvalue weighted by atomic mass is 127. The van der Waals surface area contributed by atoms with Gasteiger partial charge in [0.1, 0.15) is 0 Å². The third-order valence-corrected chi connectivity index (χ3v) is 4.08. The molecule has 1 aromatic rings. The van der Waals surface area contributed by atoms with E-state index in [-0.39, 0.29) is 0 Å². The van der Waals surface area contributed by atoms with Gasteiger partial charge >= 0.3 is 0 Å². The SMILES string of the molecule is Clc1cc(Cl)c2c(c1I)CC=C2. The van der Waals surface area contributed by atoms with Gasteiger partial charge in [0, 0.05) is 8.59 Å². The van der Waals surface area contributed by atoms with Crippen LogP contribution in [0.3, 0.4) is 0 Å². The second-order valence-corrected chi connectivity index (χ2v) is 4.55. The summed E-state index contributed by atoms with van der Waals surface area (Å²) in [5, 5.41) is 1.51. The van der Waals surface area contributed by atoms with Gasteiger partial charge in [-0.25, -0.2) is 0 Å². The van der Waals surface area contributed by atoms with E-state index in [1.807, 2.05) is 0 Å². The van der Waals surface area contributed by atoms with E-state index in [9.17, 15) is 0 Å². The molecule has 0 bridgehead atoms. The molecule has 1 aliphatic rings. The molecular weight excluding hydrogens is 306 g/mol. The van der Waals surface area contributed by atoms with Crippen molar-refractivity contribution >= 4 is 51.9 Å². The van der Waals surface area contributed by atoms with Gasteiger partial charge in [-0.05, 0) is 46.2 Å². The standard InChI is InChI=1S/C9H5Cl2I/c10-7-4-8(11)9(12)6-3-1-2-5(6)7/h1-2,4H,3H2. The van der Waals surface area contributed by atoms with Gasteiger partial charge in [-0.2, -0.15) is 0 Å². The minimum Gasteiger partial charge on any atom is -0.0836 e. The van der Waals surface area contributed by atoms with Crippen molar-refractivity contribution in [2.24, 2.45) is 0 Å². The average Bonchev–Trinajstić information content (AvgIpc) is 2.48. The fourth-order valence-corrected chi connectivity index (χ4v) is 2.56. The van der Waals surface area contributed by atoms with Crippen molar-refractivity contribution in [3.8, 4) is 0 Å². The number of allylic oxidation sites excluding steroid dienone is 1. The lowest BCUT2D eigenvalue weighted by molar-refractivity contribution is 1.28. The van der Waals surface area contributed by atoms with Crippen molar-refractivity contribution < 1.29 is 0 Å². The number of rotatable bonds is 0. The Morgan fingerprint density at radius 1 is 1.25 bits per heavy atom. The Morgan fingerprint density at radius 3 is 2.75 bits per heavy atom. The van der Waals surface area contributed by atoms with E-state index in [1.54, 1.807) is 6.07 Å². The van der Waals surface area contributed by atoms with Crippen molar-refractivity contribution in [2.45, 2.75) is 6.42 Å². The molecule has 0 radical (unpaired) electrons. The van der Waals surface area contributed by atoms with E-state index in [4.69, 9.17) is 23.2 Å². The van der Waals surface area contributed by atoms with Crippen LogP contribution in [0.4, 0.5) is 0 Å². The first kappa shape index (κ1) is 8.85. The lowest BCUT2D eigenvalue weighted by atomic mass is 10.1. The first-order valence-electron chi connectivity index (χ1n) is 3.53. The molecule has 0 aromatic heterocycles. The van der Waals surface area contributed by atoms with Crippen LogP contribution in [0, 0.1) is 3.57 Å². The normalized spacial score (nSPS) is 13.6. The van der Waals surface area contributed by atoms with Gasteiger partial charge in [-0.15, -0.1) is 0 Å². The van der Waals surface area contributed by atoms with Crippen LogP contribution in [0.15, 0.2) is 12.1 Å². The fourth-order valence-electron chi connectivity index (χ4n) is 1.33. The topological polar surface area (TPSA) is 0 Å². The lowest BCUT2D eigenvalue weighted by Crippen LogP contribution is -1.89. The molecule has 1 aliphatic carbocycles. The van der Waals surface area contributed by atoms with Gasteiger partial charge in [0.05, 0.1) is 5.02 Å². The van der Waals surface area contributed by atoms with Crippen molar-refractivity contribution in [1.82, 2.24) is 0 Å². The number of hydrogen-bond acceptors (Lipinski definition) is 0. The van der Waals surface area contributed by atoms with Crippen LogP contribution in [-0.4, -0.2) is 0 Å². The zero-order chi connectivity index (χ0) is 8.72. The summed E-state index contributed by atoms with van der Waals surface area (Å²) in [6, 6.07) is 1.80. The molecule has 0 N–H and O–H groups in total. The van der Waals surface area contributed by atoms with Crippen molar-refractivity contribution in [1.29, 1.82) is 0 Å². The van der Waals surface area contributed by atoms with Crippen LogP contribution in [0.5, 0.6) is 0 Å². The molecule has 0 fully saturated rings. The Kier molecular flexibility index (Phi) is 2.36. The van der Waals surface area contributed by atoms with Gasteiger partial charge in [0.25, 0.3) is 0 Å². The Bertz CT molecular complexity index is 369. The minimum absolute atomic E-state index is 0.753. The number of halogens is 3. The lowest BCUT2D eigenvalue weighted by Gasteiger charge is -2.06. The van der Waals surface area contributed by atoms with Crippen LogP contribution >= 0.6 is 45.8 Å². The molecule has 12 heavy (non-hydrogen) atoms. The first-order valence-corrected chi connectivity index (χ1v) is 5.36. The maximum atomic E-state index is 6.01. The Morgan fingerprint density at radius 2 is 2.00 bits per heavy atom. The van der Waals surface area contributed by atoms with Crippen molar-refractivity contribution in [3.05, 3.63) is 36.9 Å². The summed E-state index contributed by atoms with van der Waals surface area (Å²) in [5.74, 6) is 0. The molecule has 0 heterocycles. The van der Waals surface area contributed by atoms with Gasteiger partial charge in [0.15, 0.2) is 0 Å². The molecule has 2 rings (SSSR count). The quantitative estimate of drug-likeness (QED) is 0.498. The van der Waals surface area contributed by atoms with Gasteiger partial charge in [-0.3, -0.25) is 0 Å². The molecule has 62 valence electrons. The summed E-state index contributed by atoms with van der Waals surface area (Å²) < 4.78 is 1.12. The maximum absolute atomic E-state index is 6.01. The van der Waals surface area contributed by atoms with E-state index < -0.39 is 0 Å². The maximum Gasteiger partial charge on any atom is 0.0557 e. The number of hydrogen-bond donors (Lipinski definition) is 0. The molecule has 0 aliphatic heterocycles. The molecule has 1 aromatic carbocycles. The van der Waals surface area contributed by atoms with Crippen LogP contribution in [0.1, 0.15) is 11.1 Å². The average molecular weight is 311 g/mol. The number of benzene rings is 1. The van der Waals surface area contributed by atoms with E-state index in [1.165, 1.54) is 5.56 Å². The predicted octanol–water partition coefficient (Wildman–Crippen LogP) is 4.17. The van der Waals surface area contributed by atoms with Crippen LogP contribution in [0.25, 0.3) is 6.08 Å². The summed E-state index contributed by atoms with van der Waals surface area (Å²) >= 11 is 14.2. The summed E-state index contributed by atoms with van der Waals surface area (Å²) in [6.07, 6.45) is 5.11. The summed E-state index contributed by atoms with van der Waals surface area (Å²) in [6.45, 7) is 0. The molecule has 3 heteroatoms. The molecular formula is C9H5Cl2I. The highest BCUT2D eigenvalue weighted by Gasteiger charge is 2.14. The minimum atomic E-state index is 0.753. The molecule has 0 saturated carbocycles. The second kappa shape index (κ2) is 3.20. The van der Waals surface area contributed by atoms with Gasteiger partial charge in [-0.1, -0.05) is 35.4 Å².